The van der Waals surface area contributed by atoms with E-state index in [1.165, 1.54) is 19.2 Å². The zero-order valence-corrected chi connectivity index (χ0v) is 19.3. The number of aromatic nitrogens is 1. The van der Waals surface area contributed by atoms with Crippen LogP contribution in [0.2, 0.25) is 0 Å². The van der Waals surface area contributed by atoms with Crippen LogP contribution in [0.1, 0.15) is 49.8 Å². The Kier molecular flexibility index (Phi) is 7.84. The van der Waals surface area contributed by atoms with Gasteiger partial charge < -0.3 is 0 Å². The summed E-state index contributed by atoms with van der Waals surface area (Å²) in [5, 5.41) is 0.940. The quantitative estimate of drug-likeness (QED) is 0.256. The van der Waals surface area contributed by atoms with Gasteiger partial charge in [0.05, 0.1) is 19.0 Å². The number of hydrogen-bond donors (Lipinski definition) is 0. The number of para-hydroxylation sites is 1. The molecule has 1 aromatic heterocycles. The topological polar surface area (TPSA) is 65.5 Å². The fraction of sp³-hybridized carbons (Fsp3) is 0.280. The lowest BCUT2D eigenvalue weighted by Crippen LogP contribution is -2.10. The predicted molar refractivity (Wildman–Crippen MR) is 124 cm³/mol. The number of carbonyl (C=O) groups excluding carboxylic acids is 1. The summed E-state index contributed by atoms with van der Waals surface area (Å²) in [5.74, 6) is -1.04. The van der Waals surface area contributed by atoms with E-state index in [4.69, 9.17) is 9.51 Å². The molecule has 1 heterocycles. The van der Waals surface area contributed by atoms with Crippen LogP contribution in [-0.4, -0.2) is 18.1 Å². The summed E-state index contributed by atoms with van der Waals surface area (Å²) < 4.78 is 34.4. The van der Waals surface area contributed by atoms with Crippen molar-refractivity contribution >= 4 is 25.1 Å². The van der Waals surface area contributed by atoms with Crippen LogP contribution in [-0.2, 0) is 18.4 Å². The van der Waals surface area contributed by atoms with Gasteiger partial charge in [0.15, 0.2) is 0 Å². The van der Waals surface area contributed by atoms with Crippen molar-refractivity contribution in [2.24, 2.45) is 0 Å². The van der Waals surface area contributed by atoms with Crippen LogP contribution in [0.15, 0.2) is 61.2 Å². The highest BCUT2D eigenvalue weighted by atomic mass is 31.1. The maximum Gasteiger partial charge on any atom is 0.752 e. The molecule has 0 amide bonds. The van der Waals surface area contributed by atoms with Gasteiger partial charge in [-0.25, -0.2) is 9.18 Å². The van der Waals surface area contributed by atoms with Crippen molar-refractivity contribution in [3.63, 3.8) is 0 Å². The minimum Gasteiger partial charge on any atom is -0.252 e. The van der Waals surface area contributed by atoms with E-state index in [1.807, 2.05) is 24.3 Å². The van der Waals surface area contributed by atoms with Crippen LogP contribution in [0.4, 0.5) is 4.39 Å². The van der Waals surface area contributed by atoms with E-state index in [2.05, 4.69) is 25.0 Å². The third-order valence-corrected chi connectivity index (χ3v) is 5.93. The molecule has 166 valence electrons. The van der Waals surface area contributed by atoms with Gasteiger partial charge in [-0.1, -0.05) is 50.3 Å². The van der Waals surface area contributed by atoms with Gasteiger partial charge in [-0.3, -0.25) is 4.98 Å². The molecule has 7 heteroatoms. The van der Waals surface area contributed by atoms with Crippen LogP contribution in [0.5, 0.6) is 0 Å². The largest absolute Gasteiger partial charge is 0.752 e. The lowest BCUT2D eigenvalue weighted by Gasteiger charge is -2.24. The van der Waals surface area contributed by atoms with E-state index in [0.717, 1.165) is 33.3 Å². The molecular formula is C25H26FNO4P+. The van der Waals surface area contributed by atoms with Crippen molar-refractivity contribution in [2.45, 2.75) is 38.5 Å². The van der Waals surface area contributed by atoms with E-state index in [9.17, 15) is 13.8 Å². The monoisotopic (exact) mass is 454 g/mol. The SMILES string of the molecule is C=CC(CCC(=O)O[P+](=O)OC)c1c(C(C)C)nc2ccccc2c1-c1ccc(F)cc1. The summed E-state index contributed by atoms with van der Waals surface area (Å²) in [6.45, 7) is 8.12. The van der Waals surface area contributed by atoms with Gasteiger partial charge in [-0.05, 0) is 47.2 Å². The number of fused-ring (bicyclic) bond motifs is 1. The highest BCUT2D eigenvalue weighted by Crippen LogP contribution is 2.41. The van der Waals surface area contributed by atoms with Crippen molar-refractivity contribution in [2.75, 3.05) is 7.11 Å². The molecule has 32 heavy (non-hydrogen) atoms. The number of allylic oxidation sites excluding steroid dienone is 1. The normalized spacial score (nSPS) is 12.6. The second-order valence-corrected chi connectivity index (χ2v) is 8.71. The number of benzene rings is 2. The molecular weight excluding hydrogens is 428 g/mol. The summed E-state index contributed by atoms with van der Waals surface area (Å²) in [6.07, 6.45) is 2.21. The van der Waals surface area contributed by atoms with Crippen LogP contribution in [0.3, 0.4) is 0 Å². The average Bonchev–Trinajstić information content (AvgIpc) is 2.79. The molecule has 0 aliphatic rings. The molecule has 5 nitrogen and oxygen atoms in total. The summed E-state index contributed by atoms with van der Waals surface area (Å²) in [5.41, 5.74) is 4.49. The molecule has 3 aromatic rings. The zero-order valence-electron chi connectivity index (χ0n) is 18.4. The molecule has 0 fully saturated rings. The van der Waals surface area contributed by atoms with E-state index in [0.29, 0.717) is 6.42 Å². The first-order valence-electron chi connectivity index (χ1n) is 10.4. The Morgan fingerprint density at radius 1 is 1.19 bits per heavy atom. The van der Waals surface area contributed by atoms with Crippen LogP contribution < -0.4 is 0 Å². The van der Waals surface area contributed by atoms with Crippen molar-refractivity contribution in [1.82, 2.24) is 4.98 Å². The summed E-state index contributed by atoms with van der Waals surface area (Å²) >= 11 is 0. The first-order valence-corrected chi connectivity index (χ1v) is 11.5. The zero-order chi connectivity index (χ0) is 23.3. The second kappa shape index (κ2) is 10.6. The highest BCUT2D eigenvalue weighted by molar-refractivity contribution is 7.34. The van der Waals surface area contributed by atoms with Gasteiger partial charge in [0, 0.05) is 21.6 Å². The number of nitrogens with zero attached hydrogens (tertiary/aromatic N) is 1. The van der Waals surface area contributed by atoms with Crippen molar-refractivity contribution in [1.29, 1.82) is 0 Å². The van der Waals surface area contributed by atoms with Gasteiger partial charge in [-0.15, -0.1) is 11.1 Å². The Morgan fingerprint density at radius 3 is 2.50 bits per heavy atom. The highest BCUT2D eigenvalue weighted by Gasteiger charge is 2.27. The first-order chi connectivity index (χ1) is 15.3. The Morgan fingerprint density at radius 2 is 1.88 bits per heavy atom. The lowest BCUT2D eigenvalue weighted by atomic mass is 9.82. The molecule has 0 aliphatic heterocycles. The Bertz CT molecular complexity index is 1140. The van der Waals surface area contributed by atoms with Gasteiger partial charge >= 0.3 is 14.2 Å². The van der Waals surface area contributed by atoms with E-state index < -0.39 is 14.2 Å². The van der Waals surface area contributed by atoms with Gasteiger partial charge in [-0.2, -0.15) is 4.52 Å². The van der Waals surface area contributed by atoms with E-state index in [1.54, 1.807) is 18.2 Å². The Labute approximate surface area is 188 Å². The summed E-state index contributed by atoms with van der Waals surface area (Å²) in [6, 6.07) is 14.2. The fourth-order valence-corrected chi connectivity index (χ4v) is 4.14. The smallest absolute Gasteiger partial charge is 0.252 e. The first kappa shape index (κ1) is 23.7. The molecule has 0 aliphatic carbocycles. The third kappa shape index (κ3) is 5.26. The number of carbonyl (C=O) groups is 1. The standard InChI is InChI=1S/C25H26FNO4P/c1-5-17(12-15-22(28)31-32(29)30-4)24-23(18-10-13-19(26)14-11-18)20-8-6-7-9-21(20)27-25(24)16(2)3/h5-11,13-14,16-17H,1,12,15H2,2-4H3/q+1. The molecule has 0 spiro atoms. The lowest BCUT2D eigenvalue weighted by molar-refractivity contribution is -0.134. The molecule has 0 radical (unpaired) electrons. The minimum atomic E-state index is -2.47. The number of rotatable bonds is 9. The number of hydrogen-bond acceptors (Lipinski definition) is 5. The van der Waals surface area contributed by atoms with Crippen molar-refractivity contribution in [3.05, 3.63) is 78.3 Å². The molecule has 3 rings (SSSR count). The molecule has 0 saturated heterocycles. The molecule has 0 bridgehead atoms. The predicted octanol–water partition coefficient (Wildman–Crippen LogP) is 7.06. The summed E-state index contributed by atoms with van der Waals surface area (Å²) in [4.78, 5) is 17.0. The summed E-state index contributed by atoms with van der Waals surface area (Å²) in [7, 11) is -1.25. The van der Waals surface area contributed by atoms with Crippen LogP contribution in [0, 0.1) is 5.82 Å². The fourth-order valence-electron chi connectivity index (χ4n) is 3.81. The van der Waals surface area contributed by atoms with Crippen LogP contribution in [0.25, 0.3) is 22.0 Å². The van der Waals surface area contributed by atoms with Crippen molar-refractivity contribution < 1.29 is 22.8 Å². The molecule has 2 atom stereocenters. The van der Waals surface area contributed by atoms with Crippen LogP contribution >= 0.6 is 8.25 Å². The van der Waals surface area contributed by atoms with Crippen molar-refractivity contribution in [3.8, 4) is 11.1 Å². The molecule has 0 saturated carbocycles. The Balaban J connectivity index is 2.16. The Hall–Kier alpha value is -2.95. The van der Waals surface area contributed by atoms with Gasteiger partial charge in [0.1, 0.15) is 5.82 Å². The minimum absolute atomic E-state index is 0.0361. The molecule has 0 N–H and O–H groups in total. The maximum absolute atomic E-state index is 13.7. The number of halogens is 1. The second-order valence-electron chi connectivity index (χ2n) is 7.71. The van der Waals surface area contributed by atoms with Gasteiger partial charge in [0.25, 0.3) is 0 Å². The van der Waals surface area contributed by atoms with E-state index >= 15 is 0 Å². The maximum atomic E-state index is 13.7. The third-order valence-electron chi connectivity index (χ3n) is 5.28. The number of pyridine rings is 1. The average molecular weight is 454 g/mol. The van der Waals surface area contributed by atoms with Gasteiger partial charge in [0.2, 0.25) is 0 Å². The molecule has 2 unspecified atom stereocenters. The molecule has 2 aromatic carbocycles. The van der Waals surface area contributed by atoms with E-state index in [-0.39, 0.29) is 24.1 Å².